The number of hydrogen-bond donors (Lipinski definition) is 1. The fraction of sp³-hybridized carbons (Fsp3) is 0.188. The van der Waals surface area contributed by atoms with Gasteiger partial charge in [-0.1, -0.05) is 40.9 Å². The summed E-state index contributed by atoms with van der Waals surface area (Å²) in [5.74, 6) is -0.693. The molecule has 0 saturated heterocycles. The molecule has 0 saturated carbocycles. The van der Waals surface area contributed by atoms with Gasteiger partial charge in [-0.05, 0) is 19.1 Å². The summed E-state index contributed by atoms with van der Waals surface area (Å²) in [5, 5.41) is 22.8. The minimum atomic E-state index is -0.742. The number of aromatic nitrogens is 4. The molecule has 0 aliphatic heterocycles. The van der Waals surface area contributed by atoms with Gasteiger partial charge in [-0.25, -0.2) is 0 Å². The molecule has 28 heavy (non-hydrogen) atoms. The fourth-order valence-corrected chi connectivity index (χ4v) is 3.27. The zero-order valence-corrected chi connectivity index (χ0v) is 16.7. The number of hydrogen-bond acceptors (Lipinski definition) is 5. The molecule has 12 heteroatoms. The van der Waals surface area contributed by atoms with Crippen molar-refractivity contribution in [3.63, 3.8) is 0 Å². The highest BCUT2D eigenvalue weighted by Crippen LogP contribution is 2.27. The van der Waals surface area contributed by atoms with Gasteiger partial charge in [-0.2, -0.15) is 10.2 Å². The summed E-state index contributed by atoms with van der Waals surface area (Å²) < 4.78 is 2.68. The minimum absolute atomic E-state index is 0.0491. The Morgan fingerprint density at radius 1 is 1.25 bits per heavy atom. The Kier molecular flexibility index (Phi) is 5.87. The largest absolute Gasteiger partial charge is 0.320 e. The second-order valence-electron chi connectivity index (χ2n) is 5.63. The van der Waals surface area contributed by atoms with E-state index in [2.05, 4.69) is 15.5 Å². The van der Waals surface area contributed by atoms with Crippen LogP contribution in [0.3, 0.4) is 0 Å². The van der Waals surface area contributed by atoms with Crippen molar-refractivity contribution in [1.82, 2.24) is 19.6 Å². The van der Waals surface area contributed by atoms with Gasteiger partial charge >= 0.3 is 5.69 Å². The summed E-state index contributed by atoms with van der Waals surface area (Å²) in [6, 6.07) is 5.11. The van der Waals surface area contributed by atoms with E-state index in [-0.39, 0.29) is 29.6 Å². The van der Waals surface area contributed by atoms with Crippen molar-refractivity contribution in [2.45, 2.75) is 20.0 Å². The first kappa shape index (κ1) is 20.1. The predicted octanol–water partition coefficient (Wildman–Crippen LogP) is 4.27. The van der Waals surface area contributed by atoms with E-state index in [0.717, 1.165) is 6.20 Å². The van der Waals surface area contributed by atoms with Crippen molar-refractivity contribution in [3.05, 3.63) is 67.0 Å². The number of aryl methyl sites for hydroxylation is 1. The molecule has 3 aromatic rings. The molecule has 1 N–H and O–H groups in total. The van der Waals surface area contributed by atoms with Gasteiger partial charge in [0.15, 0.2) is 5.82 Å². The summed E-state index contributed by atoms with van der Waals surface area (Å²) in [6.07, 6.45) is 2.51. The van der Waals surface area contributed by atoms with Crippen LogP contribution in [-0.2, 0) is 13.1 Å². The van der Waals surface area contributed by atoms with Crippen LogP contribution >= 0.6 is 34.8 Å². The minimum Gasteiger partial charge on any atom is -0.302 e. The lowest BCUT2D eigenvalue weighted by Crippen LogP contribution is -2.19. The van der Waals surface area contributed by atoms with E-state index in [4.69, 9.17) is 34.8 Å². The molecule has 1 amide bonds. The summed E-state index contributed by atoms with van der Waals surface area (Å²) in [6.45, 7) is 2.22. The maximum absolute atomic E-state index is 12.6. The molecule has 0 atom stereocenters. The third kappa shape index (κ3) is 3.96. The van der Waals surface area contributed by atoms with Crippen molar-refractivity contribution in [3.8, 4) is 0 Å². The van der Waals surface area contributed by atoms with E-state index in [1.54, 1.807) is 25.1 Å². The lowest BCUT2D eigenvalue weighted by molar-refractivity contribution is -0.385. The highest BCUT2D eigenvalue weighted by molar-refractivity contribution is 6.36. The van der Waals surface area contributed by atoms with E-state index in [1.807, 2.05) is 0 Å². The first-order chi connectivity index (χ1) is 13.3. The number of rotatable bonds is 6. The molecule has 0 unspecified atom stereocenters. The number of nitrogens with zero attached hydrogens (tertiary/aromatic N) is 5. The number of carbonyl (C=O) groups excluding carboxylic acids is 1. The second kappa shape index (κ2) is 8.17. The van der Waals surface area contributed by atoms with Gasteiger partial charge in [-0.15, -0.1) is 0 Å². The van der Waals surface area contributed by atoms with Crippen molar-refractivity contribution in [2.75, 3.05) is 5.32 Å². The van der Waals surface area contributed by atoms with Crippen LogP contribution in [0.1, 0.15) is 23.0 Å². The molecule has 2 aromatic heterocycles. The lowest BCUT2D eigenvalue weighted by atomic mass is 10.2. The van der Waals surface area contributed by atoms with Gasteiger partial charge in [0.1, 0.15) is 11.2 Å². The predicted molar refractivity (Wildman–Crippen MR) is 105 cm³/mol. The quantitative estimate of drug-likeness (QED) is 0.452. The Hall–Kier alpha value is -2.62. The Bertz CT molecular complexity index is 1040. The van der Waals surface area contributed by atoms with Crippen molar-refractivity contribution >= 4 is 52.2 Å². The first-order valence-electron chi connectivity index (χ1n) is 7.99. The summed E-state index contributed by atoms with van der Waals surface area (Å²) >= 11 is 18.5. The third-order valence-electron chi connectivity index (χ3n) is 3.86. The molecule has 9 nitrogen and oxygen atoms in total. The maximum atomic E-state index is 12.6. The van der Waals surface area contributed by atoms with E-state index in [0.29, 0.717) is 15.6 Å². The Labute approximate surface area is 173 Å². The Morgan fingerprint density at radius 3 is 2.54 bits per heavy atom. The standard InChI is InChI=1S/C16H13Cl3N6O3/c1-2-24-14(13(6-20-24)25(27)28)16(26)21-15-12(19)8-23(22-15)7-9-10(17)4-3-5-11(9)18/h3-6,8H,2,7H2,1H3,(H,21,22,26). The van der Waals surface area contributed by atoms with Crippen molar-refractivity contribution < 1.29 is 9.72 Å². The number of carbonyl (C=O) groups is 1. The third-order valence-corrected chi connectivity index (χ3v) is 4.85. The van der Waals surface area contributed by atoms with Crippen LogP contribution in [0.15, 0.2) is 30.6 Å². The van der Waals surface area contributed by atoms with Gasteiger partial charge in [0.2, 0.25) is 5.69 Å². The average Bonchev–Trinajstić information content (AvgIpc) is 3.22. The SMILES string of the molecule is CCn1ncc([N+](=O)[O-])c1C(=O)Nc1nn(Cc2c(Cl)cccc2Cl)cc1Cl. The number of amides is 1. The number of halogens is 3. The normalized spacial score (nSPS) is 10.9. The Morgan fingerprint density at radius 2 is 1.93 bits per heavy atom. The summed E-state index contributed by atoms with van der Waals surface area (Å²) in [7, 11) is 0. The first-order valence-corrected chi connectivity index (χ1v) is 9.12. The van der Waals surface area contributed by atoms with Gasteiger partial charge < -0.3 is 5.32 Å². The van der Waals surface area contributed by atoms with Crippen LogP contribution in [0.5, 0.6) is 0 Å². The van der Waals surface area contributed by atoms with Gasteiger partial charge in [0.25, 0.3) is 5.91 Å². The number of nitro groups is 1. The summed E-state index contributed by atoms with van der Waals surface area (Å²) in [5.41, 5.74) is 0.0487. The molecule has 1 aromatic carbocycles. The lowest BCUT2D eigenvalue weighted by Gasteiger charge is -2.07. The molecule has 2 heterocycles. The van der Waals surface area contributed by atoms with E-state index in [9.17, 15) is 14.9 Å². The average molecular weight is 444 g/mol. The highest BCUT2D eigenvalue weighted by atomic mass is 35.5. The topological polar surface area (TPSA) is 108 Å². The van der Waals surface area contributed by atoms with Gasteiger partial charge in [-0.3, -0.25) is 24.3 Å². The van der Waals surface area contributed by atoms with Crippen LogP contribution in [0, 0.1) is 10.1 Å². The molecule has 146 valence electrons. The van der Waals surface area contributed by atoms with Gasteiger partial charge in [0.05, 0.1) is 11.5 Å². The number of benzene rings is 1. The van der Waals surface area contributed by atoms with E-state index >= 15 is 0 Å². The molecule has 0 radical (unpaired) electrons. The fourth-order valence-electron chi connectivity index (χ4n) is 2.56. The second-order valence-corrected chi connectivity index (χ2v) is 6.85. The zero-order valence-electron chi connectivity index (χ0n) is 14.4. The van der Waals surface area contributed by atoms with E-state index < -0.39 is 16.5 Å². The highest BCUT2D eigenvalue weighted by Gasteiger charge is 2.27. The molecule has 0 bridgehead atoms. The molecule has 0 spiro atoms. The van der Waals surface area contributed by atoms with Crippen LogP contribution in [0.2, 0.25) is 15.1 Å². The van der Waals surface area contributed by atoms with Crippen LogP contribution in [-0.4, -0.2) is 30.4 Å². The number of nitrogens with one attached hydrogen (secondary N) is 1. The Balaban J connectivity index is 1.86. The van der Waals surface area contributed by atoms with Crippen LogP contribution < -0.4 is 5.32 Å². The molecule has 0 aliphatic rings. The van der Waals surface area contributed by atoms with Gasteiger partial charge in [0, 0.05) is 28.4 Å². The number of anilines is 1. The monoisotopic (exact) mass is 442 g/mol. The van der Waals surface area contributed by atoms with Crippen LogP contribution in [0.25, 0.3) is 0 Å². The molecular weight excluding hydrogens is 431 g/mol. The molecule has 0 aliphatic carbocycles. The zero-order chi connectivity index (χ0) is 20.4. The molecule has 3 rings (SSSR count). The summed E-state index contributed by atoms with van der Waals surface area (Å²) in [4.78, 5) is 23.1. The smallest absolute Gasteiger partial charge is 0.302 e. The maximum Gasteiger partial charge on any atom is 0.320 e. The molecular formula is C16H13Cl3N6O3. The van der Waals surface area contributed by atoms with Crippen LogP contribution in [0.4, 0.5) is 11.5 Å². The molecule has 0 fully saturated rings. The van der Waals surface area contributed by atoms with Crippen molar-refractivity contribution in [1.29, 1.82) is 0 Å². The van der Waals surface area contributed by atoms with E-state index in [1.165, 1.54) is 15.6 Å². The van der Waals surface area contributed by atoms with Crippen molar-refractivity contribution in [2.24, 2.45) is 0 Å².